The molecule has 0 aromatic carbocycles. The predicted octanol–water partition coefficient (Wildman–Crippen LogP) is 2.43. The normalized spacial score (nSPS) is 18.0. The van der Waals surface area contributed by atoms with E-state index in [9.17, 15) is 14.4 Å². The van der Waals surface area contributed by atoms with Crippen LogP contribution >= 0.6 is 0 Å². The maximum absolute atomic E-state index is 12.4. The predicted molar refractivity (Wildman–Crippen MR) is 89.9 cm³/mol. The van der Waals surface area contributed by atoms with E-state index in [0.717, 1.165) is 30.6 Å². The van der Waals surface area contributed by atoms with Gasteiger partial charge in [-0.15, -0.1) is 0 Å². The van der Waals surface area contributed by atoms with Gasteiger partial charge in [0.15, 0.2) is 0 Å². The van der Waals surface area contributed by atoms with Gasteiger partial charge in [-0.25, -0.2) is 4.79 Å². The third-order valence-corrected chi connectivity index (χ3v) is 4.89. The van der Waals surface area contributed by atoms with Gasteiger partial charge in [0.25, 0.3) is 5.91 Å². The average molecular weight is 325 g/mol. The minimum absolute atomic E-state index is 0.198. The van der Waals surface area contributed by atoms with Crippen LogP contribution in [0.15, 0.2) is 0 Å². The summed E-state index contributed by atoms with van der Waals surface area (Å²) in [6.07, 6.45) is 5.45. The molecule has 1 atom stereocenters. The highest BCUT2D eigenvalue weighted by Gasteiger charge is 2.49. The van der Waals surface area contributed by atoms with Gasteiger partial charge in [0.2, 0.25) is 5.91 Å². The lowest BCUT2D eigenvalue weighted by molar-refractivity contribution is -0.135. The Hall–Kier alpha value is -1.59. The molecule has 23 heavy (non-hydrogen) atoms. The second kappa shape index (κ2) is 8.89. The zero-order chi connectivity index (χ0) is 17.5. The maximum Gasteiger partial charge on any atom is 0.325 e. The molecule has 1 heterocycles. The van der Waals surface area contributed by atoms with Gasteiger partial charge >= 0.3 is 6.03 Å². The fourth-order valence-electron chi connectivity index (χ4n) is 2.95. The molecular formula is C17H31N3O3. The zero-order valence-electron chi connectivity index (χ0n) is 14.9. The van der Waals surface area contributed by atoms with E-state index >= 15 is 0 Å². The lowest BCUT2D eigenvalue weighted by atomic mass is 9.93. The number of rotatable bonds is 10. The number of nitrogens with one attached hydrogen (secondary N) is 2. The van der Waals surface area contributed by atoms with E-state index in [-0.39, 0.29) is 18.4 Å². The number of carbonyl (C=O) groups is 3. The number of urea groups is 1. The molecule has 0 aliphatic carbocycles. The molecule has 0 radical (unpaired) electrons. The van der Waals surface area contributed by atoms with Crippen LogP contribution in [0.25, 0.3) is 0 Å². The van der Waals surface area contributed by atoms with Gasteiger partial charge in [-0.1, -0.05) is 47.0 Å². The minimum Gasteiger partial charge on any atom is -0.354 e. The number of unbranched alkanes of at least 4 members (excludes halogenated alkanes) is 1. The van der Waals surface area contributed by atoms with Crippen molar-refractivity contribution < 1.29 is 14.4 Å². The molecule has 0 saturated carbocycles. The average Bonchev–Trinajstić information content (AvgIpc) is 2.79. The van der Waals surface area contributed by atoms with Gasteiger partial charge in [-0.2, -0.15) is 0 Å². The number of imide groups is 1. The Bertz CT molecular complexity index is 433. The van der Waals surface area contributed by atoms with E-state index in [0.29, 0.717) is 25.3 Å². The Labute approximate surface area is 139 Å². The monoisotopic (exact) mass is 325 g/mol. The minimum atomic E-state index is -0.843. The summed E-state index contributed by atoms with van der Waals surface area (Å²) in [5, 5.41) is 5.59. The molecule has 6 heteroatoms. The molecule has 1 rings (SSSR count). The molecular weight excluding hydrogens is 294 g/mol. The highest BCUT2D eigenvalue weighted by atomic mass is 16.2. The molecule has 1 aliphatic heterocycles. The fraction of sp³-hybridized carbons (Fsp3) is 0.824. The Kier molecular flexibility index (Phi) is 7.52. The first-order valence-electron chi connectivity index (χ1n) is 8.84. The van der Waals surface area contributed by atoms with Crippen LogP contribution in [0.1, 0.15) is 66.2 Å². The fourth-order valence-corrected chi connectivity index (χ4v) is 2.95. The molecule has 0 bridgehead atoms. The molecule has 0 aromatic heterocycles. The summed E-state index contributed by atoms with van der Waals surface area (Å²) in [6.45, 7) is 8.40. The summed E-state index contributed by atoms with van der Waals surface area (Å²) in [5.41, 5.74) is -0.843. The van der Waals surface area contributed by atoms with Crippen LogP contribution in [-0.2, 0) is 9.59 Å². The van der Waals surface area contributed by atoms with Crippen molar-refractivity contribution >= 4 is 17.8 Å². The topological polar surface area (TPSA) is 78.5 Å². The highest BCUT2D eigenvalue weighted by Crippen LogP contribution is 2.24. The largest absolute Gasteiger partial charge is 0.354 e. The number of nitrogens with zero attached hydrogens (tertiary/aromatic N) is 1. The quantitative estimate of drug-likeness (QED) is 0.606. The van der Waals surface area contributed by atoms with Crippen molar-refractivity contribution in [3.63, 3.8) is 0 Å². The lowest BCUT2D eigenvalue weighted by Gasteiger charge is -2.23. The summed E-state index contributed by atoms with van der Waals surface area (Å²) in [6, 6.07) is -0.466. The second-order valence-electron chi connectivity index (χ2n) is 6.33. The summed E-state index contributed by atoms with van der Waals surface area (Å²) in [4.78, 5) is 37.6. The molecule has 1 saturated heterocycles. The van der Waals surface area contributed by atoms with Crippen LogP contribution in [0.2, 0.25) is 0 Å². The summed E-state index contributed by atoms with van der Waals surface area (Å²) in [5.74, 6) is -0.112. The third kappa shape index (κ3) is 4.69. The smallest absolute Gasteiger partial charge is 0.325 e. The van der Waals surface area contributed by atoms with E-state index in [1.807, 2.05) is 13.8 Å². The van der Waals surface area contributed by atoms with E-state index in [1.165, 1.54) is 0 Å². The number of hydrogen-bond acceptors (Lipinski definition) is 3. The van der Waals surface area contributed by atoms with E-state index in [1.54, 1.807) is 0 Å². The van der Waals surface area contributed by atoms with Crippen LogP contribution in [0, 0.1) is 5.92 Å². The molecule has 0 aromatic rings. The molecule has 1 fully saturated rings. The van der Waals surface area contributed by atoms with E-state index in [2.05, 4.69) is 24.5 Å². The molecule has 0 spiro atoms. The SMILES string of the molecule is CCCCC(CC)CNC(=O)CN1C(=O)NC(CC)(CC)C1=O. The van der Waals surface area contributed by atoms with E-state index in [4.69, 9.17) is 0 Å². The second-order valence-corrected chi connectivity index (χ2v) is 6.33. The van der Waals surface area contributed by atoms with E-state index < -0.39 is 11.6 Å². The van der Waals surface area contributed by atoms with Crippen LogP contribution in [0.5, 0.6) is 0 Å². The summed E-state index contributed by atoms with van der Waals surface area (Å²) < 4.78 is 0. The lowest BCUT2D eigenvalue weighted by Crippen LogP contribution is -2.46. The van der Waals surface area contributed by atoms with Gasteiger partial charge in [-0.05, 0) is 25.2 Å². The Morgan fingerprint density at radius 2 is 1.87 bits per heavy atom. The molecule has 2 N–H and O–H groups in total. The zero-order valence-corrected chi connectivity index (χ0v) is 14.9. The molecule has 1 unspecified atom stereocenters. The first kappa shape index (κ1) is 19.5. The molecule has 1 aliphatic rings. The number of amides is 4. The van der Waals surface area contributed by atoms with Crippen molar-refractivity contribution in [2.24, 2.45) is 5.92 Å². The number of hydrogen-bond donors (Lipinski definition) is 2. The maximum atomic E-state index is 12.4. The van der Waals surface area contributed by atoms with Crippen molar-refractivity contribution in [1.29, 1.82) is 0 Å². The third-order valence-electron chi connectivity index (χ3n) is 4.89. The van der Waals surface area contributed by atoms with Gasteiger partial charge in [0.1, 0.15) is 12.1 Å². The molecule has 6 nitrogen and oxygen atoms in total. The van der Waals surface area contributed by atoms with Crippen molar-refractivity contribution in [2.75, 3.05) is 13.1 Å². The van der Waals surface area contributed by atoms with Crippen LogP contribution < -0.4 is 10.6 Å². The standard InChI is InChI=1S/C17H31N3O3/c1-5-9-10-13(6-2)11-18-14(21)12-20-15(22)17(7-3,8-4)19-16(20)23/h13H,5-12H2,1-4H3,(H,18,21)(H,19,23). The van der Waals surface area contributed by atoms with Gasteiger partial charge in [-0.3, -0.25) is 14.5 Å². The Balaban J connectivity index is 2.54. The summed E-state index contributed by atoms with van der Waals surface area (Å²) >= 11 is 0. The van der Waals surface area contributed by atoms with Gasteiger partial charge in [0.05, 0.1) is 0 Å². The van der Waals surface area contributed by atoms with Crippen molar-refractivity contribution in [3.8, 4) is 0 Å². The van der Waals surface area contributed by atoms with Crippen LogP contribution in [0.4, 0.5) is 4.79 Å². The Morgan fingerprint density at radius 1 is 1.22 bits per heavy atom. The molecule has 132 valence electrons. The first-order valence-corrected chi connectivity index (χ1v) is 8.84. The number of carbonyl (C=O) groups excluding carboxylic acids is 3. The first-order chi connectivity index (χ1) is 10.9. The van der Waals surface area contributed by atoms with Crippen molar-refractivity contribution in [1.82, 2.24) is 15.5 Å². The van der Waals surface area contributed by atoms with Gasteiger partial charge in [0, 0.05) is 6.54 Å². The summed E-state index contributed by atoms with van der Waals surface area (Å²) in [7, 11) is 0. The highest BCUT2D eigenvalue weighted by molar-refractivity contribution is 6.08. The van der Waals surface area contributed by atoms with Crippen LogP contribution in [0.3, 0.4) is 0 Å². The Morgan fingerprint density at radius 3 is 2.35 bits per heavy atom. The van der Waals surface area contributed by atoms with Crippen LogP contribution in [-0.4, -0.2) is 41.4 Å². The van der Waals surface area contributed by atoms with Gasteiger partial charge < -0.3 is 10.6 Å². The van der Waals surface area contributed by atoms with Crippen molar-refractivity contribution in [3.05, 3.63) is 0 Å². The molecule has 4 amide bonds. The van der Waals surface area contributed by atoms with Crippen molar-refractivity contribution in [2.45, 2.75) is 71.8 Å².